The lowest BCUT2D eigenvalue weighted by Gasteiger charge is -2.46. The van der Waals surface area contributed by atoms with Crippen LogP contribution in [-0.4, -0.2) is 96.6 Å². The largest absolute Gasteiger partial charge is 0.393 e. The number of rotatable bonds is 6. The molecule has 3 rings (SSSR count). The summed E-state index contributed by atoms with van der Waals surface area (Å²) in [4.78, 5) is 90.3. The highest BCUT2D eigenvalue weighted by atomic mass is 31.2. The maximum absolute atomic E-state index is 12.8. The number of anilines is 1. The van der Waals surface area contributed by atoms with Gasteiger partial charge in [-0.1, -0.05) is 0 Å². The molecule has 0 aliphatic carbocycles. The number of aliphatic hydroxyl groups excluding tert-OH is 1. The first-order valence-electron chi connectivity index (χ1n) is 8.44. The van der Waals surface area contributed by atoms with Gasteiger partial charge >= 0.3 is 30.4 Å². The smallest absolute Gasteiger partial charge is 0.382 e. The van der Waals surface area contributed by atoms with Crippen molar-refractivity contribution >= 4 is 47.4 Å². The van der Waals surface area contributed by atoms with Crippen LogP contribution in [0.2, 0.25) is 0 Å². The maximum Gasteiger partial charge on any atom is 0.382 e. The van der Waals surface area contributed by atoms with Crippen LogP contribution in [-0.2, 0) is 28.5 Å². The van der Waals surface area contributed by atoms with Crippen LogP contribution in [0.25, 0.3) is 11.2 Å². The second-order valence-electron chi connectivity index (χ2n) is 7.22. The summed E-state index contributed by atoms with van der Waals surface area (Å²) in [5.74, 6) is -0.555. The average molecular weight is 587 g/mol. The summed E-state index contributed by atoms with van der Waals surface area (Å²) in [6.07, 6.45) is 0.787. The summed E-state index contributed by atoms with van der Waals surface area (Å²) in [5.41, 5.74) is -0.787. The summed E-state index contributed by atoms with van der Waals surface area (Å²) in [6, 6.07) is 0. The van der Waals surface area contributed by atoms with Crippen LogP contribution in [0.15, 0.2) is 12.7 Å². The molecule has 0 spiro atoms. The van der Waals surface area contributed by atoms with Crippen molar-refractivity contribution < 1.29 is 77.5 Å². The molecule has 0 radical (unpaired) electrons. The van der Waals surface area contributed by atoms with E-state index < -0.39 is 75.5 Å². The highest BCUT2D eigenvalue weighted by molar-refractivity contribution is 7.63. The van der Waals surface area contributed by atoms with E-state index in [4.69, 9.17) is 5.73 Å². The molecule has 25 heteroatoms. The summed E-state index contributed by atoms with van der Waals surface area (Å²) >= 11 is 0. The Labute approximate surface area is 191 Å². The first-order valence-corrected chi connectivity index (χ1v) is 14.9. The van der Waals surface area contributed by atoms with Gasteiger partial charge in [-0.25, -0.2) is 15.0 Å². The maximum atomic E-state index is 12.8. The van der Waals surface area contributed by atoms with Gasteiger partial charge in [0.05, 0.1) is 6.61 Å². The zero-order chi connectivity index (χ0) is 27.3. The molecular weight excluding hydrogens is 570 g/mol. The number of aromatic nitrogens is 4. The van der Waals surface area contributed by atoms with Gasteiger partial charge in [-0.2, -0.15) is 0 Å². The van der Waals surface area contributed by atoms with Crippen molar-refractivity contribution in [2.75, 3.05) is 12.3 Å². The van der Waals surface area contributed by atoms with Gasteiger partial charge in [0.2, 0.25) is 5.34 Å². The van der Waals surface area contributed by atoms with E-state index in [1.54, 1.807) is 0 Å². The predicted octanol–water partition coefficient (Wildman–Crippen LogP) is -4.17. The van der Waals surface area contributed by atoms with Gasteiger partial charge in [0.25, 0.3) is 16.2 Å². The Bertz CT molecular complexity index is 1390. The van der Waals surface area contributed by atoms with Crippen molar-refractivity contribution in [2.45, 2.75) is 21.5 Å². The van der Waals surface area contributed by atoms with E-state index >= 15 is 0 Å². The van der Waals surface area contributed by atoms with Gasteiger partial charge in [0.1, 0.15) is 18.2 Å². The van der Waals surface area contributed by atoms with E-state index in [0.717, 1.165) is 0 Å². The van der Waals surface area contributed by atoms with E-state index in [0.29, 0.717) is 6.33 Å². The van der Waals surface area contributed by atoms with E-state index in [-0.39, 0.29) is 10.9 Å². The molecule has 1 aliphatic heterocycles. The highest BCUT2D eigenvalue weighted by Gasteiger charge is 2.98. The normalized spacial score (nSPS) is 32.9. The molecule has 1 saturated heterocycles. The number of imidazole rings is 1. The summed E-state index contributed by atoms with van der Waals surface area (Å²) in [6.45, 7) is -2.47. The SMILES string of the molecule is Nc1ncnc2c1ncn2[C@]1(P(=O)(O)O)O[C@@](CO)(P(=O)(O)O)[C@](O)(P(=O)(O)O)[C@]1(O)P(=O)(O)O. The Kier molecular flexibility index (Phi) is 6.20. The lowest BCUT2D eigenvalue weighted by Crippen LogP contribution is -2.66. The molecule has 1 aliphatic rings. The first-order chi connectivity index (χ1) is 15.5. The van der Waals surface area contributed by atoms with E-state index in [9.17, 15) is 72.7 Å². The number of nitrogen functional groups attached to an aromatic ring is 1. The molecule has 35 heavy (non-hydrogen) atoms. The minimum absolute atomic E-state index is 0.197. The fraction of sp³-hybridized carbons (Fsp3) is 0.500. The summed E-state index contributed by atoms with van der Waals surface area (Å²) in [5, 5.41) is 16.8. The predicted molar refractivity (Wildman–Crippen MR) is 107 cm³/mol. The molecule has 0 bridgehead atoms. The molecule has 0 unspecified atom stereocenters. The lowest BCUT2D eigenvalue weighted by molar-refractivity contribution is -0.134. The molecule has 0 saturated carbocycles. The minimum Gasteiger partial charge on any atom is -0.393 e. The van der Waals surface area contributed by atoms with E-state index in [1.165, 1.54) is 0 Å². The first kappa shape index (κ1) is 28.4. The second kappa shape index (κ2) is 7.66. The van der Waals surface area contributed by atoms with Gasteiger partial charge in [-0.05, 0) is 0 Å². The molecule has 4 atom stereocenters. The monoisotopic (exact) mass is 587 g/mol. The topological polar surface area (TPSA) is 370 Å². The molecule has 0 amide bonds. The number of fused-ring (bicyclic) bond motifs is 1. The Balaban J connectivity index is 2.78. The Morgan fingerprint density at radius 1 is 0.829 bits per heavy atom. The van der Waals surface area contributed by atoms with Crippen LogP contribution in [0.3, 0.4) is 0 Å². The third-order valence-electron chi connectivity index (χ3n) is 5.41. The van der Waals surface area contributed by atoms with Gasteiger partial charge in [0, 0.05) is 0 Å². The number of ether oxygens (including phenoxy) is 1. The Morgan fingerprint density at radius 3 is 1.74 bits per heavy atom. The number of hydrogen-bond donors (Lipinski definition) is 12. The number of aliphatic hydroxyl groups is 3. The Morgan fingerprint density at radius 2 is 1.34 bits per heavy atom. The lowest BCUT2D eigenvalue weighted by atomic mass is 10.1. The van der Waals surface area contributed by atoms with Gasteiger partial charge in [0.15, 0.2) is 11.5 Å². The van der Waals surface area contributed by atoms with Crippen LogP contribution in [0.1, 0.15) is 0 Å². The molecular formula is C10H17N5O16P4. The molecule has 0 aromatic carbocycles. The molecule has 2 aromatic heterocycles. The highest BCUT2D eigenvalue weighted by Crippen LogP contribution is 2.87. The molecule has 2 aromatic rings. The van der Waals surface area contributed by atoms with E-state index in [2.05, 4.69) is 19.7 Å². The van der Waals surface area contributed by atoms with Crippen molar-refractivity contribution in [2.24, 2.45) is 0 Å². The Hall–Kier alpha value is -1.21. The van der Waals surface area contributed by atoms with Crippen LogP contribution in [0, 0.1) is 0 Å². The number of nitrogens with two attached hydrogens (primary N) is 1. The zero-order valence-electron chi connectivity index (χ0n) is 16.5. The van der Waals surface area contributed by atoms with Crippen LogP contribution >= 0.6 is 30.4 Å². The number of hydrogen-bond acceptors (Lipinski definition) is 12. The van der Waals surface area contributed by atoms with Gasteiger partial charge in [-0.3, -0.25) is 22.8 Å². The molecule has 21 nitrogen and oxygen atoms in total. The quantitative estimate of drug-likeness (QED) is 0.143. The van der Waals surface area contributed by atoms with Gasteiger partial charge in [-0.15, -0.1) is 0 Å². The average Bonchev–Trinajstić information content (AvgIpc) is 3.17. The van der Waals surface area contributed by atoms with Crippen molar-refractivity contribution in [1.82, 2.24) is 19.5 Å². The van der Waals surface area contributed by atoms with Crippen LogP contribution in [0.5, 0.6) is 0 Å². The third-order valence-corrected chi connectivity index (χ3v) is 11.9. The van der Waals surface area contributed by atoms with Crippen molar-refractivity contribution in [3.63, 3.8) is 0 Å². The van der Waals surface area contributed by atoms with Crippen molar-refractivity contribution in [3.05, 3.63) is 12.7 Å². The minimum atomic E-state index is -7.04. The standard InChI is InChI=1S/C10H17N5O16P4/c11-5-4-6(13-2-12-5)15(3-14-4)10(35(28,29)30)9(18,34(25,26)27)8(17,33(22,23)24)7(1-16,31-10)32(19,20)21/h2-3,16-18H,1H2,(H2,11,12,13)(H2,19,20,21)(H2,22,23,24)(H2,25,26,27)(H2,28,29,30)/t7-,8-,9-,10-/m0/s1. The fourth-order valence-corrected chi connectivity index (χ4v) is 11.0. The fourth-order valence-electron chi connectivity index (χ4n) is 3.89. The number of nitrogens with zero attached hydrogens (tertiary/aromatic N) is 4. The van der Waals surface area contributed by atoms with Crippen molar-refractivity contribution in [1.29, 1.82) is 0 Å². The summed E-state index contributed by atoms with van der Waals surface area (Å²) < 4.78 is 54.6. The molecule has 13 N–H and O–H groups in total. The van der Waals surface area contributed by atoms with Gasteiger partial charge < -0.3 is 64.9 Å². The molecule has 198 valence electrons. The van der Waals surface area contributed by atoms with Crippen LogP contribution < -0.4 is 5.73 Å². The summed E-state index contributed by atoms with van der Waals surface area (Å²) in [7, 11) is -27.5. The molecule has 3 heterocycles. The van der Waals surface area contributed by atoms with E-state index in [1.807, 2.05) is 0 Å². The zero-order valence-corrected chi connectivity index (χ0v) is 20.1. The van der Waals surface area contributed by atoms with Crippen molar-refractivity contribution in [3.8, 4) is 0 Å². The second-order valence-corrected chi connectivity index (χ2v) is 14.2. The van der Waals surface area contributed by atoms with Crippen LogP contribution in [0.4, 0.5) is 5.82 Å². The third kappa shape index (κ3) is 3.12. The molecule has 1 fully saturated rings.